The largest absolute Gasteiger partial charge is 0.326 e. The highest BCUT2D eigenvalue weighted by Gasteiger charge is 2.11. The van der Waals surface area contributed by atoms with Crippen molar-refractivity contribution in [1.82, 2.24) is 4.98 Å². The first-order valence-electron chi connectivity index (χ1n) is 6.39. The highest BCUT2D eigenvalue weighted by molar-refractivity contribution is 5.91. The number of nitrogens with one attached hydrogen (secondary N) is 1. The van der Waals surface area contributed by atoms with Crippen molar-refractivity contribution < 1.29 is 4.79 Å². The number of hydrogen-bond donors (Lipinski definition) is 1. The van der Waals surface area contributed by atoms with Crippen LogP contribution in [0.25, 0.3) is 0 Å². The number of rotatable bonds is 4. The van der Waals surface area contributed by atoms with E-state index in [0.29, 0.717) is 17.7 Å². The zero-order chi connectivity index (χ0) is 14.4. The standard InChI is InChI=1S/C16H15N3O/c1-12(14-5-3-7-18-11-14)8-16(20)19-15-6-2-4-13(9-15)10-17/h2-7,9,11-12H,8H2,1H3,(H,19,20). The average molecular weight is 265 g/mol. The minimum Gasteiger partial charge on any atom is -0.326 e. The smallest absolute Gasteiger partial charge is 0.224 e. The van der Waals surface area contributed by atoms with E-state index in [1.54, 1.807) is 36.7 Å². The van der Waals surface area contributed by atoms with Gasteiger partial charge in [0.1, 0.15) is 0 Å². The molecule has 1 aromatic carbocycles. The van der Waals surface area contributed by atoms with Crippen LogP contribution in [0.5, 0.6) is 0 Å². The Morgan fingerprint density at radius 3 is 2.95 bits per heavy atom. The molecule has 0 saturated carbocycles. The molecule has 0 aliphatic rings. The summed E-state index contributed by atoms with van der Waals surface area (Å²) in [7, 11) is 0. The van der Waals surface area contributed by atoms with Crippen molar-refractivity contribution in [3.8, 4) is 6.07 Å². The second-order valence-corrected chi connectivity index (χ2v) is 4.63. The quantitative estimate of drug-likeness (QED) is 0.923. The van der Waals surface area contributed by atoms with Crippen LogP contribution < -0.4 is 5.32 Å². The number of anilines is 1. The van der Waals surface area contributed by atoms with Gasteiger partial charge in [-0.2, -0.15) is 5.26 Å². The summed E-state index contributed by atoms with van der Waals surface area (Å²) in [5.74, 6) is 0.0271. The molecule has 20 heavy (non-hydrogen) atoms. The fourth-order valence-corrected chi connectivity index (χ4v) is 1.94. The first-order chi connectivity index (χ1) is 9.69. The number of benzene rings is 1. The van der Waals surface area contributed by atoms with Crippen molar-refractivity contribution in [1.29, 1.82) is 5.26 Å². The molecule has 0 fully saturated rings. The van der Waals surface area contributed by atoms with Gasteiger partial charge in [0.25, 0.3) is 0 Å². The molecule has 0 radical (unpaired) electrons. The Morgan fingerprint density at radius 1 is 1.40 bits per heavy atom. The van der Waals surface area contributed by atoms with Crippen molar-refractivity contribution in [2.24, 2.45) is 0 Å². The van der Waals surface area contributed by atoms with Gasteiger partial charge in [0.15, 0.2) is 0 Å². The first kappa shape index (κ1) is 13.8. The summed E-state index contributed by atoms with van der Waals surface area (Å²) in [4.78, 5) is 16.0. The third kappa shape index (κ3) is 3.66. The molecule has 0 aliphatic carbocycles. The summed E-state index contributed by atoms with van der Waals surface area (Å²) < 4.78 is 0. The molecule has 1 aromatic heterocycles. The Balaban J connectivity index is 1.97. The molecular weight excluding hydrogens is 250 g/mol. The van der Waals surface area contributed by atoms with Crippen LogP contribution in [-0.2, 0) is 4.79 Å². The monoisotopic (exact) mass is 265 g/mol. The molecule has 4 heteroatoms. The number of carbonyl (C=O) groups excluding carboxylic acids is 1. The van der Waals surface area contributed by atoms with Gasteiger partial charge in [-0.05, 0) is 35.7 Å². The summed E-state index contributed by atoms with van der Waals surface area (Å²) in [6, 6.07) is 12.8. The fourth-order valence-electron chi connectivity index (χ4n) is 1.94. The Morgan fingerprint density at radius 2 is 2.25 bits per heavy atom. The van der Waals surface area contributed by atoms with Gasteiger partial charge in [0.2, 0.25) is 5.91 Å². The van der Waals surface area contributed by atoms with Crippen LogP contribution in [0.15, 0.2) is 48.8 Å². The second-order valence-electron chi connectivity index (χ2n) is 4.63. The number of amides is 1. The van der Waals surface area contributed by atoms with Crippen LogP contribution in [0.4, 0.5) is 5.69 Å². The Bertz CT molecular complexity index is 632. The van der Waals surface area contributed by atoms with Crippen LogP contribution in [0.2, 0.25) is 0 Å². The maximum atomic E-state index is 12.0. The second kappa shape index (κ2) is 6.48. The maximum Gasteiger partial charge on any atom is 0.224 e. The third-order valence-electron chi connectivity index (χ3n) is 3.02. The number of carbonyl (C=O) groups is 1. The van der Waals surface area contributed by atoms with Gasteiger partial charge in [0.05, 0.1) is 11.6 Å². The van der Waals surface area contributed by atoms with E-state index in [-0.39, 0.29) is 11.8 Å². The van der Waals surface area contributed by atoms with E-state index in [4.69, 9.17) is 5.26 Å². The minimum absolute atomic E-state index is 0.0727. The minimum atomic E-state index is -0.0727. The highest BCUT2D eigenvalue weighted by atomic mass is 16.1. The van der Waals surface area contributed by atoms with Gasteiger partial charge in [0, 0.05) is 24.5 Å². The van der Waals surface area contributed by atoms with Crippen LogP contribution >= 0.6 is 0 Å². The lowest BCUT2D eigenvalue weighted by Crippen LogP contribution is -2.14. The van der Waals surface area contributed by atoms with Gasteiger partial charge in [-0.1, -0.05) is 19.1 Å². The van der Waals surface area contributed by atoms with Crippen molar-refractivity contribution in [2.75, 3.05) is 5.32 Å². The van der Waals surface area contributed by atoms with Crippen LogP contribution in [0, 0.1) is 11.3 Å². The van der Waals surface area contributed by atoms with Crippen LogP contribution in [0.1, 0.15) is 30.4 Å². The first-order valence-corrected chi connectivity index (χ1v) is 6.39. The van der Waals surface area contributed by atoms with E-state index in [1.165, 1.54) is 0 Å². The molecule has 100 valence electrons. The van der Waals surface area contributed by atoms with Crippen LogP contribution in [0.3, 0.4) is 0 Å². The number of nitrogens with zero attached hydrogens (tertiary/aromatic N) is 2. The van der Waals surface area contributed by atoms with Gasteiger partial charge in [-0.3, -0.25) is 9.78 Å². The van der Waals surface area contributed by atoms with Gasteiger partial charge < -0.3 is 5.32 Å². The normalized spacial score (nSPS) is 11.4. The molecular formula is C16H15N3O. The lowest BCUT2D eigenvalue weighted by Gasteiger charge is -2.11. The zero-order valence-corrected chi connectivity index (χ0v) is 11.2. The van der Waals surface area contributed by atoms with E-state index in [9.17, 15) is 4.79 Å². The van der Waals surface area contributed by atoms with E-state index in [2.05, 4.69) is 10.3 Å². The molecule has 1 unspecified atom stereocenters. The Labute approximate surface area is 118 Å². The average Bonchev–Trinajstić information content (AvgIpc) is 2.48. The fraction of sp³-hybridized carbons (Fsp3) is 0.188. The van der Waals surface area contributed by atoms with Gasteiger partial charge in [-0.15, -0.1) is 0 Å². The summed E-state index contributed by atoms with van der Waals surface area (Å²) >= 11 is 0. The van der Waals surface area contributed by atoms with Gasteiger partial charge in [-0.25, -0.2) is 0 Å². The lowest BCUT2D eigenvalue weighted by molar-refractivity contribution is -0.116. The molecule has 1 heterocycles. The number of hydrogen-bond acceptors (Lipinski definition) is 3. The van der Waals surface area contributed by atoms with E-state index < -0.39 is 0 Å². The topological polar surface area (TPSA) is 65.8 Å². The van der Waals surface area contributed by atoms with E-state index >= 15 is 0 Å². The molecule has 4 nitrogen and oxygen atoms in total. The molecule has 2 rings (SSSR count). The van der Waals surface area contributed by atoms with Crippen molar-refractivity contribution in [2.45, 2.75) is 19.3 Å². The van der Waals surface area contributed by atoms with Gasteiger partial charge >= 0.3 is 0 Å². The zero-order valence-electron chi connectivity index (χ0n) is 11.2. The third-order valence-corrected chi connectivity index (χ3v) is 3.02. The number of aromatic nitrogens is 1. The predicted molar refractivity (Wildman–Crippen MR) is 77.1 cm³/mol. The molecule has 0 spiro atoms. The summed E-state index contributed by atoms with van der Waals surface area (Å²) in [5, 5.41) is 11.6. The SMILES string of the molecule is CC(CC(=O)Nc1cccc(C#N)c1)c1cccnc1. The van der Waals surface area contributed by atoms with E-state index in [0.717, 1.165) is 5.56 Å². The van der Waals surface area contributed by atoms with Crippen molar-refractivity contribution in [3.05, 3.63) is 59.9 Å². The molecule has 0 aliphatic heterocycles. The maximum absolute atomic E-state index is 12.0. The summed E-state index contributed by atoms with van der Waals surface area (Å²) in [6.07, 6.45) is 3.86. The molecule has 0 bridgehead atoms. The van der Waals surface area contributed by atoms with Crippen molar-refractivity contribution in [3.63, 3.8) is 0 Å². The molecule has 1 amide bonds. The lowest BCUT2D eigenvalue weighted by atomic mass is 9.99. The van der Waals surface area contributed by atoms with Crippen LogP contribution in [-0.4, -0.2) is 10.9 Å². The molecule has 1 atom stereocenters. The van der Waals surface area contributed by atoms with Crippen molar-refractivity contribution >= 4 is 11.6 Å². The number of nitriles is 1. The molecule has 2 aromatic rings. The molecule has 1 N–H and O–H groups in total. The summed E-state index contributed by atoms with van der Waals surface area (Å²) in [6.45, 7) is 1.99. The molecule has 0 saturated heterocycles. The van der Waals surface area contributed by atoms with E-state index in [1.807, 2.05) is 25.1 Å². The predicted octanol–water partition coefficient (Wildman–Crippen LogP) is 3.09. The Hall–Kier alpha value is -2.67. The Kier molecular flexibility index (Phi) is 4.46. The summed E-state index contributed by atoms with van der Waals surface area (Å²) in [5.41, 5.74) is 2.21. The highest BCUT2D eigenvalue weighted by Crippen LogP contribution is 2.19. The number of pyridine rings is 1.